The van der Waals surface area contributed by atoms with Crippen LogP contribution in [0.4, 0.5) is 0 Å². The molecule has 0 spiro atoms. The number of aromatic amines is 1. The number of nitrogens with zero attached hydrogens (tertiary/aromatic N) is 2. The third-order valence-corrected chi connectivity index (χ3v) is 9.05. The largest absolute Gasteiger partial charge is 0.490 e. The van der Waals surface area contributed by atoms with E-state index in [0.717, 1.165) is 48.2 Å². The highest BCUT2D eigenvalue weighted by Crippen LogP contribution is 2.39. The molecule has 2 heterocycles. The molecule has 1 aliphatic carbocycles. The van der Waals surface area contributed by atoms with Crippen molar-refractivity contribution in [2.24, 2.45) is 0 Å². The van der Waals surface area contributed by atoms with E-state index in [-0.39, 0.29) is 24.9 Å². The van der Waals surface area contributed by atoms with Gasteiger partial charge in [-0.1, -0.05) is 37.5 Å². The Balaban J connectivity index is 1.26. The van der Waals surface area contributed by atoms with Crippen molar-refractivity contribution in [3.05, 3.63) is 53.7 Å². The first-order chi connectivity index (χ1) is 22.5. The zero-order chi connectivity index (χ0) is 32.3. The van der Waals surface area contributed by atoms with Crippen molar-refractivity contribution in [3.8, 4) is 17.2 Å². The number of amides is 2. The summed E-state index contributed by atoms with van der Waals surface area (Å²) >= 11 is 0. The second-order valence-corrected chi connectivity index (χ2v) is 12.2. The lowest BCUT2D eigenvalue weighted by Gasteiger charge is -2.40. The van der Waals surface area contributed by atoms with Crippen molar-refractivity contribution in [2.45, 2.75) is 77.9 Å². The van der Waals surface area contributed by atoms with E-state index in [0.29, 0.717) is 49.5 Å². The maximum Gasteiger partial charge on any atom is 0.243 e. The number of piperazine rings is 1. The van der Waals surface area contributed by atoms with E-state index in [1.807, 2.05) is 63.4 Å². The highest BCUT2D eigenvalue weighted by molar-refractivity contribution is 5.90. The topological polar surface area (TPSA) is 108 Å². The summed E-state index contributed by atoms with van der Waals surface area (Å²) in [6.07, 6.45) is 8.89. The third kappa shape index (κ3) is 8.73. The normalized spacial score (nSPS) is 17.0. The van der Waals surface area contributed by atoms with Crippen molar-refractivity contribution >= 4 is 22.7 Å². The van der Waals surface area contributed by atoms with Gasteiger partial charge in [-0.15, -0.1) is 0 Å². The summed E-state index contributed by atoms with van der Waals surface area (Å²) in [4.78, 5) is 35.3. The molecule has 3 aromatic rings. The Kier molecular flexibility index (Phi) is 12.2. The van der Waals surface area contributed by atoms with Gasteiger partial charge in [-0.05, 0) is 62.9 Å². The van der Waals surface area contributed by atoms with Crippen LogP contribution >= 0.6 is 0 Å². The third-order valence-electron chi connectivity index (χ3n) is 9.05. The average Bonchev–Trinajstić information content (AvgIpc) is 3.48. The number of para-hydroxylation sites is 1. The summed E-state index contributed by atoms with van der Waals surface area (Å²) in [7, 11) is 0. The molecular weight excluding hydrogens is 582 g/mol. The Bertz CT molecular complexity index is 1400. The molecule has 1 saturated heterocycles. The van der Waals surface area contributed by atoms with Gasteiger partial charge in [-0.25, -0.2) is 0 Å². The second kappa shape index (κ2) is 16.7. The number of nitrogens with one attached hydrogen (secondary N) is 3. The Morgan fingerprint density at radius 3 is 2.26 bits per heavy atom. The average molecular weight is 634 g/mol. The first kappa shape index (κ1) is 33.6. The van der Waals surface area contributed by atoms with E-state index in [2.05, 4.69) is 25.4 Å². The zero-order valence-corrected chi connectivity index (χ0v) is 27.7. The molecule has 2 amide bonds. The number of carbonyl (C=O) groups is 2. The molecule has 1 aliphatic heterocycles. The highest BCUT2D eigenvalue weighted by atomic mass is 16.5. The Labute approximate surface area is 273 Å². The van der Waals surface area contributed by atoms with Gasteiger partial charge < -0.3 is 29.8 Å². The number of carbonyl (C=O) groups excluding carboxylic acids is 2. The highest BCUT2D eigenvalue weighted by Gasteiger charge is 2.28. The number of rotatable bonds is 15. The lowest BCUT2D eigenvalue weighted by atomic mass is 9.94. The Morgan fingerprint density at radius 1 is 0.913 bits per heavy atom. The van der Waals surface area contributed by atoms with Gasteiger partial charge >= 0.3 is 0 Å². The van der Waals surface area contributed by atoms with Crippen LogP contribution in [0.5, 0.6) is 17.2 Å². The summed E-state index contributed by atoms with van der Waals surface area (Å²) in [6.45, 7) is 11.4. The summed E-state index contributed by atoms with van der Waals surface area (Å²) in [5.74, 6) is 1.33. The van der Waals surface area contributed by atoms with Crippen LogP contribution < -0.4 is 24.8 Å². The van der Waals surface area contributed by atoms with E-state index >= 15 is 0 Å². The molecule has 46 heavy (non-hydrogen) atoms. The molecule has 2 aliphatic rings. The molecule has 3 N–H and O–H groups in total. The molecule has 250 valence electrons. The summed E-state index contributed by atoms with van der Waals surface area (Å²) in [5.41, 5.74) is 2.80. The fourth-order valence-electron chi connectivity index (χ4n) is 6.76. The molecule has 2 fully saturated rings. The first-order valence-electron chi connectivity index (χ1n) is 17.1. The molecule has 1 aromatic heterocycles. The summed E-state index contributed by atoms with van der Waals surface area (Å²) in [6, 6.07) is 11.7. The van der Waals surface area contributed by atoms with Crippen LogP contribution in [0, 0.1) is 0 Å². The first-order valence-corrected chi connectivity index (χ1v) is 17.1. The fourth-order valence-corrected chi connectivity index (χ4v) is 6.76. The maximum absolute atomic E-state index is 13.8. The van der Waals surface area contributed by atoms with Crippen LogP contribution in [-0.2, 0) is 22.6 Å². The van der Waals surface area contributed by atoms with Gasteiger partial charge in [0.05, 0.1) is 26.4 Å². The SMILES string of the molecule is CCOc1cc(CNC(=O)C(Cc2c[nH]c3ccccc23)NC(=O)CN2CCN(C3CCCCC3)CC2)cc(OCC)c1OCC. The fraction of sp³-hybridized carbons (Fsp3) is 0.556. The van der Waals surface area contributed by atoms with E-state index in [1.54, 1.807) is 0 Å². The lowest BCUT2D eigenvalue weighted by molar-refractivity contribution is -0.129. The Hall–Kier alpha value is -3.76. The molecule has 1 atom stereocenters. The van der Waals surface area contributed by atoms with E-state index in [4.69, 9.17) is 14.2 Å². The van der Waals surface area contributed by atoms with Gasteiger partial charge in [-0.2, -0.15) is 0 Å². The van der Waals surface area contributed by atoms with Gasteiger partial charge in [0.25, 0.3) is 0 Å². The summed E-state index contributed by atoms with van der Waals surface area (Å²) < 4.78 is 17.6. The molecule has 1 unspecified atom stereocenters. The van der Waals surface area contributed by atoms with Crippen LogP contribution in [-0.4, -0.2) is 91.2 Å². The lowest BCUT2D eigenvalue weighted by Crippen LogP contribution is -2.54. The number of benzene rings is 2. The van der Waals surface area contributed by atoms with Crippen molar-refractivity contribution in [2.75, 3.05) is 52.5 Å². The monoisotopic (exact) mass is 633 g/mol. The number of aromatic nitrogens is 1. The molecule has 10 heteroatoms. The standard InChI is InChI=1S/C36H51N5O5/c1-4-44-32-20-26(21-33(45-5-2)35(32)46-6-3)23-38-36(43)31(22-27-24-37-30-15-11-10-14-29(27)30)39-34(42)25-40-16-18-41(19-17-40)28-12-8-7-9-13-28/h10-11,14-15,20-21,24,28,31,37H,4-9,12-13,16-19,22-23,25H2,1-3H3,(H,38,43)(H,39,42). The number of ether oxygens (including phenoxy) is 3. The summed E-state index contributed by atoms with van der Waals surface area (Å²) in [5, 5.41) is 7.19. The van der Waals surface area contributed by atoms with Crippen molar-refractivity contribution < 1.29 is 23.8 Å². The maximum atomic E-state index is 13.8. The quantitative estimate of drug-likeness (QED) is 0.224. The van der Waals surface area contributed by atoms with E-state index < -0.39 is 6.04 Å². The molecule has 0 radical (unpaired) electrons. The van der Waals surface area contributed by atoms with Gasteiger partial charge in [0, 0.05) is 62.3 Å². The van der Waals surface area contributed by atoms with Crippen molar-refractivity contribution in [1.82, 2.24) is 25.4 Å². The number of hydrogen-bond donors (Lipinski definition) is 3. The minimum atomic E-state index is -0.740. The molecule has 5 rings (SSSR count). The molecule has 2 aromatic carbocycles. The van der Waals surface area contributed by atoms with Crippen LogP contribution in [0.15, 0.2) is 42.6 Å². The van der Waals surface area contributed by atoms with Gasteiger partial charge in [-0.3, -0.25) is 19.4 Å². The van der Waals surface area contributed by atoms with Crippen LogP contribution in [0.1, 0.15) is 64.0 Å². The Morgan fingerprint density at radius 2 is 1.59 bits per heavy atom. The van der Waals surface area contributed by atoms with E-state index in [9.17, 15) is 9.59 Å². The minimum Gasteiger partial charge on any atom is -0.490 e. The van der Waals surface area contributed by atoms with Gasteiger partial charge in [0.15, 0.2) is 11.5 Å². The zero-order valence-electron chi connectivity index (χ0n) is 27.7. The van der Waals surface area contributed by atoms with Crippen LogP contribution in [0.3, 0.4) is 0 Å². The molecule has 0 bridgehead atoms. The smallest absolute Gasteiger partial charge is 0.243 e. The number of hydrogen-bond acceptors (Lipinski definition) is 7. The predicted octanol–water partition coefficient (Wildman–Crippen LogP) is 4.66. The molecule has 10 nitrogen and oxygen atoms in total. The molecular formula is C36H51N5O5. The van der Waals surface area contributed by atoms with Crippen LogP contribution in [0.25, 0.3) is 10.9 Å². The minimum absolute atomic E-state index is 0.135. The second-order valence-electron chi connectivity index (χ2n) is 12.2. The van der Waals surface area contributed by atoms with Crippen LogP contribution in [0.2, 0.25) is 0 Å². The molecule has 1 saturated carbocycles. The van der Waals surface area contributed by atoms with Crippen molar-refractivity contribution in [1.29, 1.82) is 0 Å². The van der Waals surface area contributed by atoms with Gasteiger partial charge in [0.2, 0.25) is 17.6 Å². The number of fused-ring (bicyclic) bond motifs is 1. The predicted molar refractivity (Wildman–Crippen MR) is 181 cm³/mol. The van der Waals surface area contributed by atoms with Gasteiger partial charge in [0.1, 0.15) is 6.04 Å². The number of H-pyrrole nitrogens is 1. The van der Waals surface area contributed by atoms with Crippen molar-refractivity contribution in [3.63, 3.8) is 0 Å². The van der Waals surface area contributed by atoms with E-state index in [1.165, 1.54) is 32.1 Å².